The van der Waals surface area contributed by atoms with Crippen molar-refractivity contribution in [3.05, 3.63) is 68.0 Å². The topological polar surface area (TPSA) is 220 Å². The van der Waals surface area contributed by atoms with Crippen LogP contribution in [0.1, 0.15) is 94.7 Å². The van der Waals surface area contributed by atoms with Crippen LogP contribution < -0.4 is 0 Å². The Balaban J connectivity index is 2.07. The molecular formula is C44H54N4O13. The van der Waals surface area contributed by atoms with Crippen molar-refractivity contribution >= 4 is 65.3 Å². The Kier molecular flexibility index (Phi) is 16.5. The molecule has 61 heavy (non-hydrogen) atoms. The Labute approximate surface area is 354 Å². The molecule has 17 heteroatoms. The zero-order valence-corrected chi connectivity index (χ0v) is 36.5. The van der Waals surface area contributed by atoms with E-state index >= 15 is 0 Å². The van der Waals surface area contributed by atoms with E-state index in [-0.39, 0.29) is 74.8 Å². The molecule has 0 aliphatic carbocycles. The van der Waals surface area contributed by atoms with E-state index in [9.17, 15) is 28.8 Å². The van der Waals surface area contributed by atoms with Crippen molar-refractivity contribution in [2.75, 3.05) is 49.8 Å². The standard InChI is InChI=1S/C44H54N4O13/c1-24-23-44(2,3)36(45-24)22-35-29(18-41(53)59-8)26(12-15-38(50)56-5)32(47-35)20-31-25(11-14-37(49)55-4)28(17-40(52)58-7)34(46-31)21-33-27(13-16-39(51)57-6)30(19-42(54)60-9)43(48-33)61-10/h20-22,47H,11-19,23H2,1-10H3/b31-20-,33-21-,36-22-. The summed E-state index contributed by atoms with van der Waals surface area (Å²) >= 11 is 0. The number of nitrogens with zero attached hydrogens (tertiary/aromatic N) is 3. The number of esters is 6. The number of aromatic nitrogens is 1. The molecule has 0 radical (unpaired) electrons. The molecule has 1 N–H and O–H groups in total. The number of aliphatic imine (C=N–C) groups is 3. The summed E-state index contributed by atoms with van der Waals surface area (Å²) in [4.78, 5) is 94.0. The number of H-pyrrole nitrogens is 1. The lowest BCUT2D eigenvalue weighted by Gasteiger charge is -2.18. The molecule has 17 nitrogen and oxygen atoms in total. The SMILES string of the molecule is COC(=O)CCC1=C(CC(=O)OC)C(/C=C2\N=C(OC)C(CC(=O)OC)=C2CCC(=O)OC)=NC/1=C\c1[nH]c(/C=C2\N=C(C)CC2(C)C)c(CC(=O)OC)c1CCC(=O)OC. The Morgan fingerprint density at radius 2 is 1.03 bits per heavy atom. The zero-order valence-electron chi connectivity index (χ0n) is 36.5. The minimum atomic E-state index is -0.596. The maximum Gasteiger partial charge on any atom is 0.310 e. The number of allylic oxidation sites excluding steroid dienone is 4. The van der Waals surface area contributed by atoms with Gasteiger partial charge in [-0.05, 0) is 78.7 Å². The summed E-state index contributed by atoms with van der Waals surface area (Å²) in [6, 6.07) is 0. The lowest BCUT2D eigenvalue weighted by atomic mass is 9.86. The minimum Gasteiger partial charge on any atom is -0.481 e. The number of methoxy groups -OCH3 is 7. The number of carbonyl (C=O) groups excluding carboxylic acids is 6. The number of hydrogen-bond acceptors (Lipinski definition) is 16. The third kappa shape index (κ3) is 11.9. The molecule has 0 spiro atoms. The summed E-state index contributed by atoms with van der Waals surface area (Å²) < 4.78 is 35.5. The number of ether oxygens (including phenoxy) is 7. The van der Waals surface area contributed by atoms with Gasteiger partial charge in [-0.15, -0.1) is 0 Å². The number of carbonyl (C=O) groups is 6. The van der Waals surface area contributed by atoms with Gasteiger partial charge in [-0.3, -0.25) is 33.8 Å². The van der Waals surface area contributed by atoms with E-state index in [4.69, 9.17) is 43.1 Å². The van der Waals surface area contributed by atoms with Crippen LogP contribution in [0.15, 0.2) is 60.4 Å². The Bertz CT molecular complexity index is 2210. The van der Waals surface area contributed by atoms with E-state index in [1.54, 1.807) is 12.2 Å². The maximum absolute atomic E-state index is 13.1. The maximum atomic E-state index is 13.1. The molecule has 0 fully saturated rings. The summed E-state index contributed by atoms with van der Waals surface area (Å²) in [5, 5.41) is 0. The fourth-order valence-electron chi connectivity index (χ4n) is 7.32. The number of nitrogens with one attached hydrogen (secondary N) is 1. The largest absolute Gasteiger partial charge is 0.481 e. The fourth-order valence-corrected chi connectivity index (χ4v) is 7.32. The molecule has 0 unspecified atom stereocenters. The Morgan fingerprint density at radius 1 is 0.557 bits per heavy atom. The molecule has 0 saturated heterocycles. The number of aromatic amines is 1. The highest BCUT2D eigenvalue weighted by molar-refractivity contribution is 6.16. The smallest absolute Gasteiger partial charge is 0.310 e. The van der Waals surface area contributed by atoms with Gasteiger partial charge in [0, 0.05) is 53.0 Å². The molecule has 0 saturated carbocycles. The highest BCUT2D eigenvalue weighted by Crippen LogP contribution is 2.41. The van der Waals surface area contributed by atoms with Crippen LogP contribution in [0.3, 0.4) is 0 Å². The normalized spacial score (nSPS) is 17.7. The molecule has 328 valence electrons. The Morgan fingerprint density at radius 3 is 1.54 bits per heavy atom. The van der Waals surface area contributed by atoms with Crippen LogP contribution in [-0.4, -0.2) is 108 Å². The average molecular weight is 847 g/mol. The summed E-state index contributed by atoms with van der Waals surface area (Å²) in [5.41, 5.74) is 6.43. The van der Waals surface area contributed by atoms with Crippen molar-refractivity contribution < 1.29 is 61.9 Å². The molecule has 1 aromatic heterocycles. The molecule has 0 aromatic carbocycles. The van der Waals surface area contributed by atoms with Crippen LogP contribution in [0.4, 0.5) is 0 Å². The first kappa shape index (κ1) is 47.3. The van der Waals surface area contributed by atoms with E-state index in [0.717, 1.165) is 17.8 Å². The molecule has 0 bridgehead atoms. The summed E-state index contributed by atoms with van der Waals surface area (Å²) in [7, 11) is 9.02. The molecule has 4 rings (SSSR count). The minimum absolute atomic E-state index is 0.0227. The van der Waals surface area contributed by atoms with Gasteiger partial charge in [0.2, 0.25) is 5.90 Å². The van der Waals surface area contributed by atoms with E-state index in [1.165, 1.54) is 49.8 Å². The first-order valence-electron chi connectivity index (χ1n) is 19.5. The van der Waals surface area contributed by atoms with Crippen LogP contribution in [0, 0.1) is 5.41 Å². The Hall–Kier alpha value is -6.39. The third-order valence-electron chi connectivity index (χ3n) is 10.5. The lowest BCUT2D eigenvalue weighted by Crippen LogP contribution is -2.11. The monoisotopic (exact) mass is 846 g/mol. The van der Waals surface area contributed by atoms with Crippen molar-refractivity contribution in [2.45, 2.75) is 85.0 Å². The predicted octanol–water partition coefficient (Wildman–Crippen LogP) is 5.43. The summed E-state index contributed by atoms with van der Waals surface area (Å²) in [6.07, 6.45) is 5.56. The zero-order chi connectivity index (χ0) is 45.0. The van der Waals surface area contributed by atoms with E-state index in [0.29, 0.717) is 56.2 Å². The summed E-state index contributed by atoms with van der Waals surface area (Å²) in [6.45, 7) is 6.10. The van der Waals surface area contributed by atoms with Gasteiger partial charge in [-0.25, -0.2) is 9.98 Å². The van der Waals surface area contributed by atoms with Gasteiger partial charge in [-0.1, -0.05) is 13.8 Å². The van der Waals surface area contributed by atoms with Gasteiger partial charge in [0.05, 0.1) is 86.1 Å². The highest BCUT2D eigenvalue weighted by atomic mass is 16.5. The fraction of sp³-hybridized carbons (Fsp3) is 0.477. The predicted molar refractivity (Wildman–Crippen MR) is 224 cm³/mol. The van der Waals surface area contributed by atoms with E-state index in [1.807, 2.05) is 13.0 Å². The first-order chi connectivity index (χ1) is 29.0. The van der Waals surface area contributed by atoms with E-state index in [2.05, 4.69) is 23.8 Å². The van der Waals surface area contributed by atoms with Crippen LogP contribution in [0.25, 0.3) is 12.2 Å². The van der Waals surface area contributed by atoms with Gasteiger partial charge in [0.25, 0.3) is 0 Å². The molecule has 0 atom stereocenters. The summed E-state index contributed by atoms with van der Waals surface area (Å²) in [5.74, 6) is -3.02. The van der Waals surface area contributed by atoms with Gasteiger partial charge in [0.1, 0.15) is 0 Å². The lowest BCUT2D eigenvalue weighted by molar-refractivity contribution is -0.141. The third-order valence-corrected chi connectivity index (χ3v) is 10.5. The second kappa shape index (κ2) is 21.2. The van der Waals surface area contributed by atoms with Gasteiger partial charge in [0.15, 0.2) is 0 Å². The molecule has 0 amide bonds. The number of hydrogen-bond donors (Lipinski definition) is 1. The molecule has 1 aromatic rings. The highest BCUT2D eigenvalue weighted by Gasteiger charge is 2.33. The average Bonchev–Trinajstić information content (AvgIpc) is 3.92. The number of rotatable bonds is 18. The van der Waals surface area contributed by atoms with Crippen molar-refractivity contribution in [2.24, 2.45) is 20.4 Å². The van der Waals surface area contributed by atoms with Gasteiger partial charge < -0.3 is 38.1 Å². The molecule has 3 aliphatic rings. The quantitative estimate of drug-likeness (QED) is 0.144. The van der Waals surface area contributed by atoms with Gasteiger partial charge in [-0.2, -0.15) is 0 Å². The second-order valence-electron chi connectivity index (χ2n) is 14.9. The van der Waals surface area contributed by atoms with Crippen molar-refractivity contribution in [1.29, 1.82) is 0 Å². The molecular weight excluding hydrogens is 792 g/mol. The van der Waals surface area contributed by atoms with E-state index < -0.39 is 35.8 Å². The van der Waals surface area contributed by atoms with Crippen LogP contribution >= 0.6 is 0 Å². The van der Waals surface area contributed by atoms with Crippen molar-refractivity contribution in [3.8, 4) is 0 Å². The van der Waals surface area contributed by atoms with Gasteiger partial charge >= 0.3 is 35.8 Å². The first-order valence-corrected chi connectivity index (χ1v) is 19.5. The van der Waals surface area contributed by atoms with Crippen molar-refractivity contribution in [1.82, 2.24) is 4.98 Å². The van der Waals surface area contributed by atoms with Crippen molar-refractivity contribution in [3.63, 3.8) is 0 Å². The van der Waals surface area contributed by atoms with Crippen LogP contribution in [0.2, 0.25) is 0 Å². The molecule has 3 aliphatic heterocycles. The van der Waals surface area contributed by atoms with Crippen LogP contribution in [0.5, 0.6) is 0 Å². The molecule has 4 heterocycles. The van der Waals surface area contributed by atoms with Crippen LogP contribution in [-0.2, 0) is 74.8 Å². The second-order valence-corrected chi connectivity index (χ2v) is 14.9.